The van der Waals surface area contributed by atoms with Gasteiger partial charge >= 0.3 is 5.97 Å². The summed E-state index contributed by atoms with van der Waals surface area (Å²) in [6.07, 6.45) is -2.08. The fraction of sp³-hybridized carbons (Fsp3) is 0.364. The standard InChI is InChI=1S/C11H12BrF2NO2/c1-2-17-11(16)9(14)10(15)6-4-3-5-7(12)8(6)13/h3-5,9-10H,2,15H2,1H3/t9?,10-/m1/s1. The van der Waals surface area contributed by atoms with Crippen molar-refractivity contribution in [1.29, 1.82) is 0 Å². The molecule has 1 aromatic carbocycles. The van der Waals surface area contributed by atoms with Gasteiger partial charge in [-0.3, -0.25) is 0 Å². The van der Waals surface area contributed by atoms with Crippen LogP contribution in [0.2, 0.25) is 0 Å². The highest BCUT2D eigenvalue weighted by atomic mass is 79.9. The van der Waals surface area contributed by atoms with Gasteiger partial charge in [0.05, 0.1) is 17.1 Å². The monoisotopic (exact) mass is 307 g/mol. The van der Waals surface area contributed by atoms with E-state index in [-0.39, 0.29) is 16.6 Å². The van der Waals surface area contributed by atoms with Crippen molar-refractivity contribution < 1.29 is 18.3 Å². The van der Waals surface area contributed by atoms with E-state index in [1.165, 1.54) is 18.2 Å². The van der Waals surface area contributed by atoms with Crippen LogP contribution in [0.4, 0.5) is 8.78 Å². The number of alkyl halides is 1. The predicted octanol–water partition coefficient (Wildman–Crippen LogP) is 2.49. The normalized spacial score (nSPS) is 14.2. The van der Waals surface area contributed by atoms with Crippen LogP contribution in [0.25, 0.3) is 0 Å². The van der Waals surface area contributed by atoms with Crippen LogP contribution in [0.3, 0.4) is 0 Å². The molecule has 0 saturated carbocycles. The number of carbonyl (C=O) groups is 1. The van der Waals surface area contributed by atoms with Crippen LogP contribution < -0.4 is 5.73 Å². The Morgan fingerprint density at radius 1 is 1.59 bits per heavy atom. The first-order valence-corrected chi connectivity index (χ1v) is 5.78. The number of ether oxygens (including phenoxy) is 1. The van der Waals surface area contributed by atoms with E-state index in [2.05, 4.69) is 20.7 Å². The van der Waals surface area contributed by atoms with Gasteiger partial charge in [0.15, 0.2) is 0 Å². The maximum Gasteiger partial charge on any atom is 0.342 e. The molecule has 0 aliphatic heterocycles. The van der Waals surface area contributed by atoms with Crippen LogP contribution in [0.15, 0.2) is 22.7 Å². The molecule has 0 amide bonds. The van der Waals surface area contributed by atoms with Gasteiger partial charge in [0, 0.05) is 5.56 Å². The van der Waals surface area contributed by atoms with E-state index in [1.54, 1.807) is 6.92 Å². The Bertz CT molecular complexity index is 414. The lowest BCUT2D eigenvalue weighted by Gasteiger charge is -2.16. The molecule has 0 aromatic heterocycles. The molecule has 1 rings (SSSR count). The Labute approximate surface area is 106 Å². The molecule has 0 aliphatic carbocycles. The highest BCUT2D eigenvalue weighted by Crippen LogP contribution is 2.25. The molecule has 17 heavy (non-hydrogen) atoms. The van der Waals surface area contributed by atoms with Crippen LogP contribution in [0.1, 0.15) is 18.5 Å². The first-order valence-electron chi connectivity index (χ1n) is 4.99. The van der Waals surface area contributed by atoms with E-state index >= 15 is 0 Å². The smallest absolute Gasteiger partial charge is 0.342 e. The highest BCUT2D eigenvalue weighted by molar-refractivity contribution is 9.10. The van der Waals surface area contributed by atoms with Gasteiger partial charge in [-0.05, 0) is 28.9 Å². The van der Waals surface area contributed by atoms with E-state index in [9.17, 15) is 13.6 Å². The summed E-state index contributed by atoms with van der Waals surface area (Å²) >= 11 is 2.96. The summed E-state index contributed by atoms with van der Waals surface area (Å²) in [5.74, 6) is -1.76. The summed E-state index contributed by atoms with van der Waals surface area (Å²) in [7, 11) is 0. The zero-order valence-electron chi connectivity index (χ0n) is 9.12. The first kappa shape index (κ1) is 14.1. The molecule has 1 unspecified atom stereocenters. The Morgan fingerprint density at radius 2 is 2.24 bits per heavy atom. The van der Waals surface area contributed by atoms with Gasteiger partial charge in [0.2, 0.25) is 6.17 Å². The summed E-state index contributed by atoms with van der Waals surface area (Å²) in [6, 6.07) is 2.92. The van der Waals surface area contributed by atoms with Gasteiger partial charge in [0.25, 0.3) is 0 Å². The highest BCUT2D eigenvalue weighted by Gasteiger charge is 2.29. The lowest BCUT2D eigenvalue weighted by atomic mass is 10.0. The van der Waals surface area contributed by atoms with Crippen molar-refractivity contribution in [3.63, 3.8) is 0 Å². The van der Waals surface area contributed by atoms with Crippen LogP contribution in [-0.4, -0.2) is 18.7 Å². The van der Waals surface area contributed by atoms with E-state index < -0.39 is 24.0 Å². The molecule has 3 nitrogen and oxygen atoms in total. The number of hydrogen-bond acceptors (Lipinski definition) is 3. The average Bonchev–Trinajstić information content (AvgIpc) is 2.31. The molecule has 6 heteroatoms. The second-order valence-electron chi connectivity index (χ2n) is 3.32. The maximum absolute atomic E-state index is 13.6. The minimum absolute atomic E-state index is 0.0486. The number of hydrogen-bond donors (Lipinski definition) is 1. The first-order chi connectivity index (χ1) is 7.99. The third-order valence-corrected chi connectivity index (χ3v) is 2.78. The van der Waals surface area contributed by atoms with Gasteiger partial charge < -0.3 is 10.5 Å². The molecule has 0 heterocycles. The van der Waals surface area contributed by atoms with Crippen molar-refractivity contribution in [1.82, 2.24) is 0 Å². The number of carbonyl (C=O) groups excluding carboxylic acids is 1. The summed E-state index contributed by atoms with van der Waals surface area (Å²) < 4.78 is 31.9. The van der Waals surface area contributed by atoms with Crippen LogP contribution in [-0.2, 0) is 9.53 Å². The molecule has 0 aliphatic rings. The van der Waals surface area contributed by atoms with Gasteiger partial charge in [-0.25, -0.2) is 13.6 Å². The fourth-order valence-electron chi connectivity index (χ4n) is 1.30. The molecular weight excluding hydrogens is 296 g/mol. The molecule has 0 fully saturated rings. The molecular formula is C11H12BrF2NO2. The topological polar surface area (TPSA) is 52.3 Å². The van der Waals surface area contributed by atoms with Gasteiger partial charge in [0.1, 0.15) is 5.82 Å². The zero-order valence-corrected chi connectivity index (χ0v) is 10.7. The summed E-state index contributed by atoms with van der Waals surface area (Å²) in [5.41, 5.74) is 5.43. The van der Waals surface area contributed by atoms with E-state index in [1.807, 2.05) is 0 Å². The van der Waals surface area contributed by atoms with Crippen molar-refractivity contribution in [3.05, 3.63) is 34.1 Å². The van der Waals surface area contributed by atoms with Crippen LogP contribution in [0.5, 0.6) is 0 Å². The quantitative estimate of drug-likeness (QED) is 0.870. The maximum atomic E-state index is 13.6. The van der Waals surface area contributed by atoms with Crippen molar-refractivity contribution in [2.75, 3.05) is 6.61 Å². The van der Waals surface area contributed by atoms with Crippen LogP contribution >= 0.6 is 15.9 Å². The SMILES string of the molecule is CCOC(=O)C(F)[C@H](N)c1cccc(Br)c1F. The Morgan fingerprint density at radius 3 is 2.82 bits per heavy atom. The molecule has 0 radical (unpaired) electrons. The third kappa shape index (κ3) is 3.23. The van der Waals surface area contributed by atoms with E-state index in [0.717, 1.165) is 0 Å². The second kappa shape index (κ2) is 6.07. The molecule has 0 bridgehead atoms. The second-order valence-corrected chi connectivity index (χ2v) is 4.18. The third-order valence-electron chi connectivity index (χ3n) is 2.17. The van der Waals surface area contributed by atoms with E-state index in [4.69, 9.17) is 5.73 Å². The Hall–Kier alpha value is -1.01. The number of esters is 1. The van der Waals surface area contributed by atoms with Gasteiger partial charge in [-0.2, -0.15) is 0 Å². The average molecular weight is 308 g/mol. The molecule has 2 atom stereocenters. The van der Waals surface area contributed by atoms with Crippen molar-refractivity contribution in [3.8, 4) is 0 Å². The largest absolute Gasteiger partial charge is 0.464 e. The van der Waals surface area contributed by atoms with Gasteiger partial charge in [-0.1, -0.05) is 12.1 Å². The Kier molecular flexibility index (Phi) is 5.02. The molecule has 2 N–H and O–H groups in total. The fourth-order valence-corrected chi connectivity index (χ4v) is 1.69. The molecule has 94 valence electrons. The summed E-state index contributed by atoms with van der Waals surface area (Å²) in [6.45, 7) is 1.60. The van der Waals surface area contributed by atoms with E-state index in [0.29, 0.717) is 0 Å². The minimum Gasteiger partial charge on any atom is -0.464 e. The molecule has 0 saturated heterocycles. The lowest BCUT2D eigenvalue weighted by molar-refractivity contribution is -0.149. The van der Waals surface area contributed by atoms with Crippen molar-refractivity contribution in [2.45, 2.75) is 19.1 Å². The minimum atomic E-state index is -2.08. The van der Waals surface area contributed by atoms with Crippen molar-refractivity contribution in [2.24, 2.45) is 5.73 Å². The summed E-state index contributed by atoms with van der Waals surface area (Å²) in [5, 5.41) is 0. The van der Waals surface area contributed by atoms with Gasteiger partial charge in [-0.15, -0.1) is 0 Å². The number of nitrogens with two attached hydrogens (primary N) is 1. The molecule has 0 spiro atoms. The number of rotatable bonds is 4. The van der Waals surface area contributed by atoms with Crippen molar-refractivity contribution >= 4 is 21.9 Å². The number of benzene rings is 1. The summed E-state index contributed by atoms with van der Waals surface area (Å²) in [4.78, 5) is 11.1. The zero-order chi connectivity index (χ0) is 13.0. The molecule has 1 aromatic rings. The lowest BCUT2D eigenvalue weighted by Crippen LogP contribution is -2.32. The Balaban J connectivity index is 2.92. The van der Waals surface area contributed by atoms with Crippen LogP contribution in [0, 0.1) is 5.82 Å². The number of halogens is 3. The predicted molar refractivity (Wildman–Crippen MR) is 62.6 cm³/mol.